The van der Waals surface area contributed by atoms with Crippen molar-refractivity contribution in [1.82, 2.24) is 15.5 Å². The van der Waals surface area contributed by atoms with Crippen LogP contribution in [0.25, 0.3) is 0 Å². The number of amides is 3. The van der Waals surface area contributed by atoms with E-state index in [2.05, 4.69) is 10.6 Å². The van der Waals surface area contributed by atoms with Crippen LogP contribution in [0.1, 0.15) is 77.0 Å². The summed E-state index contributed by atoms with van der Waals surface area (Å²) in [5.74, 6) is -0.952. The second-order valence-corrected chi connectivity index (χ2v) is 7.48. The van der Waals surface area contributed by atoms with E-state index in [1.54, 1.807) is 0 Å². The number of likely N-dealkylation sites (tertiary alicyclic amines) is 1. The molecule has 148 valence electrons. The Morgan fingerprint density at radius 1 is 0.923 bits per heavy atom. The number of carbonyl (C=O) groups excluding carboxylic acids is 2. The molecule has 7 nitrogen and oxygen atoms in total. The van der Waals surface area contributed by atoms with Crippen molar-refractivity contribution in [3.63, 3.8) is 0 Å². The molecular weight excluding hydrogens is 334 g/mol. The van der Waals surface area contributed by atoms with Crippen molar-refractivity contribution in [1.29, 1.82) is 0 Å². The molecule has 1 unspecified atom stereocenters. The van der Waals surface area contributed by atoms with Gasteiger partial charge in [0.2, 0.25) is 5.91 Å². The van der Waals surface area contributed by atoms with Crippen LogP contribution >= 0.6 is 0 Å². The predicted octanol–water partition coefficient (Wildman–Crippen LogP) is 2.64. The van der Waals surface area contributed by atoms with Crippen LogP contribution in [0.4, 0.5) is 4.79 Å². The lowest BCUT2D eigenvalue weighted by Crippen LogP contribution is -2.47. The van der Waals surface area contributed by atoms with Gasteiger partial charge in [0.15, 0.2) is 0 Å². The van der Waals surface area contributed by atoms with Crippen LogP contribution in [-0.4, -0.2) is 53.1 Å². The van der Waals surface area contributed by atoms with Gasteiger partial charge in [0.05, 0.1) is 0 Å². The van der Waals surface area contributed by atoms with Crippen molar-refractivity contribution in [2.45, 2.75) is 89.1 Å². The monoisotopic (exact) mass is 367 g/mol. The average Bonchev–Trinajstić information content (AvgIpc) is 2.65. The van der Waals surface area contributed by atoms with Gasteiger partial charge in [-0.15, -0.1) is 0 Å². The Kier molecular flexibility index (Phi) is 8.71. The fourth-order valence-corrected chi connectivity index (χ4v) is 3.89. The molecule has 1 atom stereocenters. The quantitative estimate of drug-likeness (QED) is 0.574. The topological polar surface area (TPSA) is 98.7 Å². The van der Waals surface area contributed by atoms with Crippen molar-refractivity contribution < 1.29 is 19.5 Å². The summed E-state index contributed by atoms with van der Waals surface area (Å²) < 4.78 is 0. The zero-order valence-electron chi connectivity index (χ0n) is 15.7. The molecule has 1 saturated carbocycles. The first-order valence-corrected chi connectivity index (χ1v) is 10.1. The van der Waals surface area contributed by atoms with Gasteiger partial charge >= 0.3 is 12.0 Å². The minimum Gasteiger partial charge on any atom is -0.480 e. The molecule has 1 aliphatic heterocycles. The van der Waals surface area contributed by atoms with Gasteiger partial charge in [-0.05, 0) is 44.9 Å². The first-order valence-electron chi connectivity index (χ1n) is 10.1. The van der Waals surface area contributed by atoms with E-state index in [0.29, 0.717) is 32.0 Å². The van der Waals surface area contributed by atoms with Crippen LogP contribution in [0.15, 0.2) is 0 Å². The Balaban J connectivity index is 1.53. The number of nitrogens with one attached hydrogen (secondary N) is 2. The molecule has 26 heavy (non-hydrogen) atoms. The molecule has 0 radical (unpaired) electrons. The zero-order valence-corrected chi connectivity index (χ0v) is 15.7. The highest BCUT2D eigenvalue weighted by Crippen LogP contribution is 2.19. The second kappa shape index (κ2) is 11.0. The van der Waals surface area contributed by atoms with Crippen molar-refractivity contribution in [2.75, 3.05) is 13.1 Å². The van der Waals surface area contributed by atoms with E-state index in [0.717, 1.165) is 44.9 Å². The van der Waals surface area contributed by atoms with E-state index in [1.807, 2.05) is 0 Å². The van der Waals surface area contributed by atoms with E-state index < -0.39 is 12.0 Å². The molecule has 0 spiro atoms. The Hall–Kier alpha value is -1.79. The van der Waals surface area contributed by atoms with Crippen LogP contribution in [-0.2, 0) is 9.59 Å². The second-order valence-electron chi connectivity index (χ2n) is 7.48. The fourth-order valence-electron chi connectivity index (χ4n) is 3.89. The van der Waals surface area contributed by atoms with Crippen molar-refractivity contribution in [3.05, 3.63) is 0 Å². The molecule has 1 aliphatic carbocycles. The standard InChI is InChI=1S/C19H33N3O4/c23-17(22-14-8-6-11-16(22)18(24)25)12-5-2-7-13-20-19(26)21-15-9-3-1-4-10-15/h15-16H,1-14H2,(H,24,25)(H2,20,21,26). The lowest BCUT2D eigenvalue weighted by atomic mass is 9.96. The number of carbonyl (C=O) groups is 3. The maximum atomic E-state index is 12.3. The fraction of sp³-hybridized carbons (Fsp3) is 0.842. The molecule has 2 rings (SSSR count). The average molecular weight is 367 g/mol. The van der Waals surface area contributed by atoms with E-state index in [4.69, 9.17) is 0 Å². The van der Waals surface area contributed by atoms with Gasteiger partial charge in [-0.3, -0.25) is 4.79 Å². The third kappa shape index (κ3) is 6.84. The Labute approximate surface area is 155 Å². The number of rotatable bonds is 8. The lowest BCUT2D eigenvalue weighted by Gasteiger charge is -2.33. The molecule has 0 aromatic rings. The van der Waals surface area contributed by atoms with E-state index in [9.17, 15) is 19.5 Å². The SMILES string of the molecule is O=C(NCCCCCC(=O)N1CCCCC1C(=O)O)NC1CCCCC1. The molecule has 1 saturated heterocycles. The maximum Gasteiger partial charge on any atom is 0.326 e. The molecule has 7 heteroatoms. The van der Waals surface area contributed by atoms with Crippen LogP contribution in [0.2, 0.25) is 0 Å². The van der Waals surface area contributed by atoms with Crippen molar-refractivity contribution >= 4 is 17.9 Å². The summed E-state index contributed by atoms with van der Waals surface area (Å²) >= 11 is 0. The number of hydrogen-bond acceptors (Lipinski definition) is 3. The molecular formula is C19H33N3O4. The number of piperidine rings is 1. The number of nitrogens with zero attached hydrogens (tertiary/aromatic N) is 1. The summed E-state index contributed by atoms with van der Waals surface area (Å²) in [6.07, 6.45) is 10.9. The van der Waals surface area contributed by atoms with Gasteiger partial charge in [-0.25, -0.2) is 9.59 Å². The van der Waals surface area contributed by atoms with Gasteiger partial charge in [0.1, 0.15) is 6.04 Å². The molecule has 3 amide bonds. The lowest BCUT2D eigenvalue weighted by molar-refractivity contribution is -0.152. The van der Waals surface area contributed by atoms with Crippen molar-refractivity contribution in [3.8, 4) is 0 Å². The number of hydrogen-bond donors (Lipinski definition) is 3. The minimum absolute atomic E-state index is 0.0555. The molecule has 2 aliphatic rings. The third-order valence-corrected chi connectivity index (χ3v) is 5.40. The maximum absolute atomic E-state index is 12.3. The largest absolute Gasteiger partial charge is 0.480 e. The normalized spacial score (nSPS) is 21.2. The number of urea groups is 1. The minimum atomic E-state index is -0.897. The van der Waals surface area contributed by atoms with E-state index in [1.165, 1.54) is 24.2 Å². The van der Waals surface area contributed by atoms with Gasteiger partial charge < -0.3 is 20.6 Å². The summed E-state index contributed by atoms with van der Waals surface area (Å²) in [7, 11) is 0. The summed E-state index contributed by atoms with van der Waals surface area (Å²) in [4.78, 5) is 36.9. The van der Waals surface area contributed by atoms with Gasteiger partial charge in [0, 0.05) is 25.6 Å². The van der Waals surface area contributed by atoms with Crippen LogP contribution < -0.4 is 10.6 Å². The Morgan fingerprint density at radius 3 is 2.38 bits per heavy atom. The van der Waals surface area contributed by atoms with E-state index in [-0.39, 0.29) is 11.9 Å². The van der Waals surface area contributed by atoms with Crippen LogP contribution in [0.5, 0.6) is 0 Å². The number of aliphatic carboxylic acids is 1. The number of unbranched alkanes of at least 4 members (excludes halogenated alkanes) is 2. The smallest absolute Gasteiger partial charge is 0.326 e. The summed E-state index contributed by atoms with van der Waals surface area (Å²) in [5.41, 5.74) is 0. The van der Waals surface area contributed by atoms with Gasteiger partial charge in [-0.2, -0.15) is 0 Å². The van der Waals surface area contributed by atoms with Crippen LogP contribution in [0.3, 0.4) is 0 Å². The molecule has 1 heterocycles. The summed E-state index contributed by atoms with van der Waals surface area (Å²) in [6.45, 7) is 1.16. The van der Waals surface area contributed by atoms with Crippen molar-refractivity contribution in [2.24, 2.45) is 0 Å². The molecule has 0 aromatic heterocycles. The van der Waals surface area contributed by atoms with Gasteiger partial charge in [0.25, 0.3) is 0 Å². The molecule has 3 N–H and O–H groups in total. The molecule has 0 bridgehead atoms. The first-order chi connectivity index (χ1) is 12.6. The van der Waals surface area contributed by atoms with E-state index >= 15 is 0 Å². The Bertz CT molecular complexity index is 477. The predicted molar refractivity (Wildman–Crippen MR) is 98.9 cm³/mol. The first kappa shape index (κ1) is 20.5. The third-order valence-electron chi connectivity index (χ3n) is 5.40. The number of carboxylic acid groups (broad SMARTS) is 1. The van der Waals surface area contributed by atoms with Gasteiger partial charge in [-0.1, -0.05) is 25.7 Å². The zero-order chi connectivity index (χ0) is 18.8. The summed E-state index contributed by atoms with van der Waals surface area (Å²) in [6, 6.07) is -0.430. The Morgan fingerprint density at radius 2 is 1.65 bits per heavy atom. The highest BCUT2D eigenvalue weighted by molar-refractivity contribution is 5.83. The molecule has 0 aromatic carbocycles. The highest BCUT2D eigenvalue weighted by atomic mass is 16.4. The summed E-state index contributed by atoms with van der Waals surface area (Å²) in [5, 5.41) is 15.1. The number of carboxylic acids is 1. The van der Waals surface area contributed by atoms with Crippen LogP contribution in [0, 0.1) is 0 Å². The molecule has 2 fully saturated rings. The highest BCUT2D eigenvalue weighted by Gasteiger charge is 2.31.